The van der Waals surface area contributed by atoms with Crippen LogP contribution < -0.4 is 5.32 Å². The molecular formula is C12H12Br2N2S. The van der Waals surface area contributed by atoms with Gasteiger partial charge in [-0.25, -0.2) is 4.98 Å². The third kappa shape index (κ3) is 3.30. The molecule has 0 spiro atoms. The minimum absolute atomic E-state index is 0.749. The first-order valence-corrected chi connectivity index (χ1v) is 7.63. The molecular weight excluding hydrogens is 364 g/mol. The summed E-state index contributed by atoms with van der Waals surface area (Å²) in [5.41, 5.74) is 3.37. The topological polar surface area (TPSA) is 24.9 Å². The van der Waals surface area contributed by atoms with E-state index in [1.807, 2.05) is 6.92 Å². The van der Waals surface area contributed by atoms with E-state index >= 15 is 0 Å². The lowest BCUT2D eigenvalue weighted by Gasteiger charge is -2.10. The molecule has 0 amide bonds. The predicted molar refractivity (Wildman–Crippen MR) is 80.8 cm³/mol. The van der Waals surface area contributed by atoms with Crippen molar-refractivity contribution in [2.75, 3.05) is 5.32 Å². The highest BCUT2D eigenvalue weighted by molar-refractivity contribution is 9.11. The minimum Gasteiger partial charge on any atom is -0.377 e. The van der Waals surface area contributed by atoms with Crippen LogP contribution in [0.5, 0.6) is 0 Å². The number of hydrogen-bond acceptors (Lipinski definition) is 3. The van der Waals surface area contributed by atoms with Gasteiger partial charge in [-0.3, -0.25) is 0 Å². The highest BCUT2D eigenvalue weighted by Gasteiger charge is 2.06. The molecule has 17 heavy (non-hydrogen) atoms. The SMILES string of the molecule is Cc1cc(Br)c(NCc2nc(C)cs2)c(Br)c1. The smallest absolute Gasteiger partial charge is 0.112 e. The molecule has 0 aliphatic carbocycles. The third-order valence-corrected chi connectivity index (χ3v) is 4.49. The van der Waals surface area contributed by atoms with Crippen molar-refractivity contribution in [3.63, 3.8) is 0 Å². The maximum atomic E-state index is 4.43. The maximum Gasteiger partial charge on any atom is 0.112 e. The monoisotopic (exact) mass is 374 g/mol. The third-order valence-electron chi connectivity index (χ3n) is 2.27. The first kappa shape index (κ1) is 13.1. The van der Waals surface area contributed by atoms with E-state index in [9.17, 15) is 0 Å². The molecule has 0 aliphatic heterocycles. The Labute approximate surface area is 122 Å². The summed E-state index contributed by atoms with van der Waals surface area (Å²) in [6, 6.07) is 4.19. The van der Waals surface area contributed by atoms with E-state index in [0.29, 0.717) is 0 Å². The molecule has 5 heteroatoms. The molecule has 1 heterocycles. The van der Waals surface area contributed by atoms with Crippen LogP contribution in [0.3, 0.4) is 0 Å². The molecule has 90 valence electrons. The van der Waals surface area contributed by atoms with Crippen molar-refractivity contribution in [1.82, 2.24) is 4.98 Å². The fourth-order valence-electron chi connectivity index (χ4n) is 1.52. The maximum absolute atomic E-state index is 4.43. The molecule has 0 unspecified atom stereocenters. The number of rotatable bonds is 3. The summed E-state index contributed by atoms with van der Waals surface area (Å²) in [5, 5.41) is 6.56. The van der Waals surface area contributed by atoms with Crippen LogP contribution in [0.1, 0.15) is 16.3 Å². The van der Waals surface area contributed by atoms with Gasteiger partial charge in [0.2, 0.25) is 0 Å². The van der Waals surface area contributed by atoms with Gasteiger partial charge in [-0.2, -0.15) is 0 Å². The molecule has 0 fully saturated rings. The summed E-state index contributed by atoms with van der Waals surface area (Å²) in [4.78, 5) is 4.43. The Morgan fingerprint density at radius 3 is 2.41 bits per heavy atom. The summed E-state index contributed by atoms with van der Waals surface area (Å²) in [6.07, 6.45) is 0. The zero-order chi connectivity index (χ0) is 12.4. The molecule has 2 aromatic rings. The Balaban J connectivity index is 2.14. The number of anilines is 1. The summed E-state index contributed by atoms with van der Waals surface area (Å²) in [6.45, 7) is 4.83. The summed E-state index contributed by atoms with van der Waals surface area (Å²) < 4.78 is 2.13. The predicted octanol–water partition coefficient (Wildman–Crippen LogP) is 4.90. The van der Waals surface area contributed by atoms with Gasteiger partial charge in [0.05, 0.1) is 12.2 Å². The van der Waals surface area contributed by atoms with E-state index in [4.69, 9.17) is 0 Å². The minimum atomic E-state index is 0.749. The molecule has 0 atom stereocenters. The summed E-state index contributed by atoms with van der Waals surface area (Å²) >= 11 is 8.81. The number of aryl methyl sites for hydroxylation is 2. The van der Waals surface area contributed by atoms with E-state index in [1.54, 1.807) is 11.3 Å². The average molecular weight is 376 g/mol. The molecule has 0 bridgehead atoms. The lowest BCUT2D eigenvalue weighted by molar-refractivity contribution is 1.07. The van der Waals surface area contributed by atoms with Gasteiger partial charge in [0, 0.05) is 20.0 Å². The highest BCUT2D eigenvalue weighted by atomic mass is 79.9. The van der Waals surface area contributed by atoms with Crippen LogP contribution in [0.15, 0.2) is 26.5 Å². The number of halogens is 2. The van der Waals surface area contributed by atoms with Crippen molar-refractivity contribution in [3.8, 4) is 0 Å². The Morgan fingerprint density at radius 2 is 1.88 bits per heavy atom. The van der Waals surface area contributed by atoms with Gasteiger partial charge < -0.3 is 5.32 Å². The van der Waals surface area contributed by atoms with E-state index in [2.05, 4.69) is 66.6 Å². The van der Waals surface area contributed by atoms with Crippen LogP contribution >= 0.6 is 43.2 Å². The Kier molecular flexibility index (Phi) is 4.22. The fraction of sp³-hybridized carbons (Fsp3) is 0.250. The van der Waals surface area contributed by atoms with Crippen molar-refractivity contribution in [2.45, 2.75) is 20.4 Å². The zero-order valence-electron chi connectivity index (χ0n) is 9.55. The Hall–Kier alpha value is -0.390. The Bertz CT molecular complexity index is 514. The number of benzene rings is 1. The quantitative estimate of drug-likeness (QED) is 0.825. The Morgan fingerprint density at radius 1 is 1.24 bits per heavy atom. The fourth-order valence-corrected chi connectivity index (χ4v) is 3.92. The number of nitrogens with one attached hydrogen (secondary N) is 1. The summed E-state index contributed by atoms with van der Waals surface area (Å²) in [5.74, 6) is 0. The first-order chi connectivity index (χ1) is 8.06. The van der Waals surface area contributed by atoms with E-state index in [1.165, 1.54) is 5.56 Å². The van der Waals surface area contributed by atoms with Crippen molar-refractivity contribution in [1.29, 1.82) is 0 Å². The van der Waals surface area contributed by atoms with E-state index in [-0.39, 0.29) is 0 Å². The van der Waals surface area contributed by atoms with Crippen molar-refractivity contribution in [3.05, 3.63) is 42.7 Å². The van der Waals surface area contributed by atoms with Gasteiger partial charge in [0.25, 0.3) is 0 Å². The van der Waals surface area contributed by atoms with Gasteiger partial charge in [0.15, 0.2) is 0 Å². The van der Waals surface area contributed by atoms with Crippen molar-refractivity contribution in [2.24, 2.45) is 0 Å². The molecule has 1 aromatic heterocycles. The van der Waals surface area contributed by atoms with Crippen LogP contribution in [-0.2, 0) is 6.54 Å². The van der Waals surface area contributed by atoms with Gasteiger partial charge in [0.1, 0.15) is 5.01 Å². The van der Waals surface area contributed by atoms with Crippen LogP contribution in [-0.4, -0.2) is 4.98 Å². The number of aromatic nitrogens is 1. The van der Waals surface area contributed by atoms with Gasteiger partial charge >= 0.3 is 0 Å². The second-order valence-corrected chi connectivity index (χ2v) is 6.49. The number of hydrogen-bond donors (Lipinski definition) is 1. The van der Waals surface area contributed by atoms with E-state index in [0.717, 1.165) is 31.9 Å². The van der Waals surface area contributed by atoms with Crippen LogP contribution in [0.2, 0.25) is 0 Å². The highest BCUT2D eigenvalue weighted by Crippen LogP contribution is 2.32. The molecule has 0 saturated carbocycles. The second kappa shape index (κ2) is 5.50. The van der Waals surface area contributed by atoms with Crippen molar-refractivity contribution >= 4 is 48.9 Å². The average Bonchev–Trinajstić information content (AvgIpc) is 2.62. The van der Waals surface area contributed by atoms with Crippen molar-refractivity contribution < 1.29 is 0 Å². The van der Waals surface area contributed by atoms with Crippen LogP contribution in [0.4, 0.5) is 5.69 Å². The second-order valence-electron chi connectivity index (χ2n) is 3.84. The van der Waals surface area contributed by atoms with Crippen LogP contribution in [0.25, 0.3) is 0 Å². The molecule has 1 N–H and O–H groups in total. The molecule has 0 aliphatic rings. The molecule has 2 nitrogen and oxygen atoms in total. The molecule has 0 saturated heterocycles. The lowest BCUT2D eigenvalue weighted by Crippen LogP contribution is -2.01. The number of nitrogens with zero attached hydrogens (tertiary/aromatic N) is 1. The standard InChI is InChI=1S/C12H12Br2N2S/c1-7-3-9(13)12(10(14)4-7)15-5-11-16-8(2)6-17-11/h3-4,6,15H,5H2,1-2H3. The van der Waals surface area contributed by atoms with Crippen LogP contribution in [0, 0.1) is 13.8 Å². The summed E-state index contributed by atoms with van der Waals surface area (Å²) in [7, 11) is 0. The zero-order valence-corrected chi connectivity index (χ0v) is 13.5. The first-order valence-electron chi connectivity index (χ1n) is 5.17. The lowest BCUT2D eigenvalue weighted by atomic mass is 10.2. The molecule has 1 aromatic carbocycles. The molecule has 0 radical (unpaired) electrons. The molecule has 2 rings (SSSR count). The number of thiazole rings is 1. The van der Waals surface area contributed by atoms with E-state index < -0.39 is 0 Å². The largest absolute Gasteiger partial charge is 0.377 e. The van der Waals surface area contributed by atoms with Gasteiger partial charge in [-0.05, 0) is 63.4 Å². The van der Waals surface area contributed by atoms with Gasteiger partial charge in [-0.15, -0.1) is 11.3 Å². The normalized spacial score (nSPS) is 10.6. The van der Waals surface area contributed by atoms with Gasteiger partial charge in [-0.1, -0.05) is 0 Å².